The van der Waals surface area contributed by atoms with Crippen LogP contribution in [0.25, 0.3) is 11.4 Å². The van der Waals surface area contributed by atoms with Crippen LogP contribution in [0, 0.1) is 12.8 Å². The average Bonchev–Trinajstić information content (AvgIpc) is 3.33. The molecule has 1 aromatic carbocycles. The number of thiazole rings is 1. The quantitative estimate of drug-likeness (QED) is 0.502. The van der Waals surface area contributed by atoms with Crippen molar-refractivity contribution in [2.45, 2.75) is 43.5 Å². The summed E-state index contributed by atoms with van der Waals surface area (Å²) in [5, 5.41) is 5.47. The zero-order chi connectivity index (χ0) is 22.6. The summed E-state index contributed by atoms with van der Waals surface area (Å²) < 4.78 is 34.7. The molecule has 0 bridgehead atoms. The van der Waals surface area contributed by atoms with Gasteiger partial charge in [-0.25, -0.2) is 18.1 Å². The Labute approximate surface area is 193 Å². The van der Waals surface area contributed by atoms with E-state index in [9.17, 15) is 8.42 Å². The van der Waals surface area contributed by atoms with Crippen molar-refractivity contribution < 1.29 is 13.2 Å². The maximum Gasteiger partial charge on any atom is 0.244 e. The Bertz CT molecular complexity index is 1150. The molecule has 2 N–H and O–H groups in total. The molecule has 9 heteroatoms. The zero-order valence-electron chi connectivity index (χ0n) is 18.2. The number of anilines is 1. The second kappa shape index (κ2) is 9.97. The number of pyridine rings is 1. The number of hydrogen-bond donors (Lipinski definition) is 2. The van der Waals surface area contributed by atoms with Gasteiger partial charge in [-0.2, -0.15) is 0 Å². The van der Waals surface area contributed by atoms with Gasteiger partial charge in [-0.05, 0) is 55.5 Å². The summed E-state index contributed by atoms with van der Waals surface area (Å²) in [5.74, 6) is 0.523. The van der Waals surface area contributed by atoms with Gasteiger partial charge >= 0.3 is 0 Å². The molecule has 170 valence electrons. The minimum Gasteiger partial charge on any atom is -0.495 e. The molecular weight excluding hydrogens is 444 g/mol. The fourth-order valence-corrected chi connectivity index (χ4v) is 6.32. The number of nitrogens with one attached hydrogen (secondary N) is 2. The van der Waals surface area contributed by atoms with Crippen LogP contribution in [0.1, 0.15) is 31.2 Å². The molecule has 32 heavy (non-hydrogen) atoms. The van der Waals surface area contributed by atoms with E-state index in [2.05, 4.69) is 20.0 Å². The van der Waals surface area contributed by atoms with E-state index in [-0.39, 0.29) is 16.9 Å². The molecule has 2 aromatic heterocycles. The van der Waals surface area contributed by atoms with Crippen LogP contribution in [0.15, 0.2) is 52.3 Å². The molecule has 1 saturated carbocycles. The number of aromatic nitrogens is 2. The van der Waals surface area contributed by atoms with Crippen molar-refractivity contribution in [2.24, 2.45) is 5.92 Å². The smallest absolute Gasteiger partial charge is 0.244 e. The van der Waals surface area contributed by atoms with Crippen molar-refractivity contribution >= 4 is 27.0 Å². The first-order valence-electron chi connectivity index (χ1n) is 10.7. The molecule has 1 fully saturated rings. The van der Waals surface area contributed by atoms with E-state index in [1.807, 2.05) is 30.5 Å². The standard InChI is InChI=1S/C23H28N4O3S2/c1-16-9-10-21(30-2)22(12-16)32(28,29)27-18-7-4-3-6-17(18)13-25-19-8-5-11-24-23(19)20-14-31-15-26-20/h5,8-12,14-15,17-18,25,27H,3-4,6-7,13H2,1-2H3. The fourth-order valence-electron chi connectivity index (χ4n) is 4.19. The van der Waals surface area contributed by atoms with E-state index in [1.165, 1.54) is 18.4 Å². The highest BCUT2D eigenvalue weighted by atomic mass is 32.2. The minimum atomic E-state index is -3.71. The first-order valence-corrected chi connectivity index (χ1v) is 13.1. The van der Waals surface area contributed by atoms with Crippen LogP contribution in [0.4, 0.5) is 5.69 Å². The van der Waals surface area contributed by atoms with Crippen molar-refractivity contribution in [3.05, 3.63) is 53.0 Å². The van der Waals surface area contributed by atoms with Crippen molar-refractivity contribution in [2.75, 3.05) is 19.0 Å². The van der Waals surface area contributed by atoms with E-state index in [0.717, 1.165) is 48.3 Å². The second-order valence-corrected chi connectivity index (χ2v) is 10.5. The van der Waals surface area contributed by atoms with Crippen LogP contribution in [0.2, 0.25) is 0 Å². The predicted octanol–water partition coefficient (Wildman–Crippen LogP) is 4.47. The van der Waals surface area contributed by atoms with Gasteiger partial charge in [0.15, 0.2) is 0 Å². The number of ether oxygens (including phenoxy) is 1. The monoisotopic (exact) mass is 472 g/mol. The van der Waals surface area contributed by atoms with Crippen LogP contribution >= 0.6 is 11.3 Å². The van der Waals surface area contributed by atoms with Crippen LogP contribution in [0.3, 0.4) is 0 Å². The van der Waals surface area contributed by atoms with E-state index < -0.39 is 10.0 Å². The van der Waals surface area contributed by atoms with Crippen LogP contribution in [0.5, 0.6) is 5.75 Å². The molecule has 3 aromatic rings. The van der Waals surface area contributed by atoms with E-state index in [0.29, 0.717) is 12.3 Å². The number of hydrogen-bond acceptors (Lipinski definition) is 7. The van der Waals surface area contributed by atoms with Crippen molar-refractivity contribution in [3.8, 4) is 17.1 Å². The topological polar surface area (TPSA) is 93.2 Å². The molecule has 0 spiro atoms. The number of nitrogens with zero attached hydrogens (tertiary/aromatic N) is 2. The third-order valence-electron chi connectivity index (χ3n) is 5.86. The summed E-state index contributed by atoms with van der Waals surface area (Å²) in [6.07, 6.45) is 5.62. The molecule has 2 unspecified atom stereocenters. The summed E-state index contributed by atoms with van der Waals surface area (Å²) in [6, 6.07) is 8.94. The predicted molar refractivity (Wildman–Crippen MR) is 128 cm³/mol. The zero-order valence-corrected chi connectivity index (χ0v) is 19.9. The lowest BCUT2D eigenvalue weighted by Crippen LogP contribution is -2.44. The van der Waals surface area contributed by atoms with Gasteiger partial charge in [0.25, 0.3) is 0 Å². The van der Waals surface area contributed by atoms with E-state index in [4.69, 9.17) is 4.74 Å². The van der Waals surface area contributed by atoms with Gasteiger partial charge in [0.2, 0.25) is 10.0 Å². The van der Waals surface area contributed by atoms with Gasteiger partial charge in [0.05, 0.1) is 18.3 Å². The van der Waals surface area contributed by atoms with E-state index >= 15 is 0 Å². The molecule has 2 heterocycles. The highest BCUT2D eigenvalue weighted by Crippen LogP contribution is 2.31. The highest BCUT2D eigenvalue weighted by molar-refractivity contribution is 7.89. The Morgan fingerprint density at radius 1 is 1.19 bits per heavy atom. The molecule has 7 nitrogen and oxygen atoms in total. The first-order chi connectivity index (χ1) is 15.5. The van der Waals surface area contributed by atoms with Gasteiger partial charge < -0.3 is 10.1 Å². The van der Waals surface area contributed by atoms with Crippen molar-refractivity contribution in [1.29, 1.82) is 0 Å². The molecule has 1 aliphatic rings. The third kappa shape index (κ3) is 5.11. The van der Waals surface area contributed by atoms with Crippen LogP contribution in [-0.2, 0) is 10.0 Å². The van der Waals surface area contributed by atoms with Gasteiger partial charge in [-0.1, -0.05) is 18.9 Å². The number of benzene rings is 1. The summed E-state index contributed by atoms with van der Waals surface area (Å²) in [4.78, 5) is 9.05. The molecular formula is C23H28N4O3S2. The largest absolute Gasteiger partial charge is 0.495 e. The third-order valence-corrected chi connectivity index (χ3v) is 7.96. The normalized spacial score (nSPS) is 18.9. The molecule has 4 rings (SSSR count). The number of rotatable bonds is 8. The molecule has 0 saturated heterocycles. The fraction of sp³-hybridized carbons (Fsp3) is 0.391. The second-order valence-electron chi connectivity index (χ2n) is 8.08. The highest BCUT2D eigenvalue weighted by Gasteiger charge is 2.31. The Morgan fingerprint density at radius 3 is 2.81 bits per heavy atom. The van der Waals surface area contributed by atoms with Gasteiger partial charge in [0, 0.05) is 24.2 Å². The lowest BCUT2D eigenvalue weighted by molar-refractivity contribution is 0.301. The van der Waals surface area contributed by atoms with Crippen LogP contribution in [-0.4, -0.2) is 38.1 Å². The summed E-state index contributed by atoms with van der Waals surface area (Å²) in [7, 11) is -2.22. The Hall–Kier alpha value is -2.49. The Kier molecular flexibility index (Phi) is 7.07. The summed E-state index contributed by atoms with van der Waals surface area (Å²) in [5.41, 5.74) is 5.22. The SMILES string of the molecule is COc1ccc(C)cc1S(=O)(=O)NC1CCCCC1CNc1cccnc1-c1cscn1. The molecule has 1 aliphatic carbocycles. The average molecular weight is 473 g/mol. The summed E-state index contributed by atoms with van der Waals surface area (Å²) >= 11 is 1.53. The molecule has 0 amide bonds. The number of aryl methyl sites for hydroxylation is 1. The number of sulfonamides is 1. The molecule has 0 aliphatic heterocycles. The maximum absolute atomic E-state index is 13.2. The Morgan fingerprint density at radius 2 is 2.03 bits per heavy atom. The minimum absolute atomic E-state index is 0.147. The van der Waals surface area contributed by atoms with Crippen molar-refractivity contribution in [1.82, 2.24) is 14.7 Å². The van der Waals surface area contributed by atoms with Gasteiger partial charge in [0.1, 0.15) is 22.0 Å². The lowest BCUT2D eigenvalue weighted by atomic mass is 9.85. The summed E-state index contributed by atoms with van der Waals surface area (Å²) in [6.45, 7) is 2.53. The van der Waals surface area contributed by atoms with Gasteiger partial charge in [-0.15, -0.1) is 11.3 Å². The Balaban J connectivity index is 1.51. The number of methoxy groups -OCH3 is 1. The van der Waals surface area contributed by atoms with Gasteiger partial charge in [-0.3, -0.25) is 4.98 Å². The van der Waals surface area contributed by atoms with Crippen molar-refractivity contribution in [3.63, 3.8) is 0 Å². The lowest BCUT2D eigenvalue weighted by Gasteiger charge is -2.32. The first kappa shape index (κ1) is 22.7. The maximum atomic E-state index is 13.2. The molecule has 0 radical (unpaired) electrons. The molecule has 2 atom stereocenters. The van der Waals surface area contributed by atoms with Crippen LogP contribution < -0.4 is 14.8 Å². The van der Waals surface area contributed by atoms with E-state index in [1.54, 1.807) is 23.8 Å².